The summed E-state index contributed by atoms with van der Waals surface area (Å²) in [6, 6.07) is 11.7. The van der Waals surface area contributed by atoms with Crippen molar-refractivity contribution in [3.05, 3.63) is 117 Å². The van der Waals surface area contributed by atoms with Crippen LogP contribution in [-0.2, 0) is 84.5 Å². The summed E-state index contributed by atoms with van der Waals surface area (Å²) in [4.78, 5) is 24.6. The highest BCUT2D eigenvalue weighted by atomic mass is 32.2. The number of anilines is 1. The second-order valence-electron chi connectivity index (χ2n) is 16.6. The number of carbonyl (C=O) groups is 1. The molecule has 2 saturated heterocycles. The predicted octanol–water partition coefficient (Wildman–Crippen LogP) is 4.47. The summed E-state index contributed by atoms with van der Waals surface area (Å²) in [6.07, 6.45) is 21.8. The van der Waals surface area contributed by atoms with Crippen molar-refractivity contribution in [1.29, 1.82) is 5.26 Å². The number of ether oxygens (including phenoxy) is 1. The molecule has 4 N–H and O–H groups in total. The van der Waals surface area contributed by atoms with E-state index >= 15 is 0 Å². The van der Waals surface area contributed by atoms with E-state index in [-0.39, 0.29) is 5.25 Å². The molecule has 316 valence electrons. The number of benzene rings is 2. The van der Waals surface area contributed by atoms with Gasteiger partial charge in [0, 0.05) is 69.7 Å². The Bertz CT molecular complexity index is 2420. The van der Waals surface area contributed by atoms with Crippen LogP contribution < -0.4 is 19.9 Å². The summed E-state index contributed by atoms with van der Waals surface area (Å²) < 4.78 is 54.7. The fourth-order valence-electron chi connectivity index (χ4n) is 9.45. The van der Waals surface area contributed by atoms with Gasteiger partial charge >= 0.3 is 6.03 Å². The molecule has 60 heavy (non-hydrogen) atoms. The molecule has 16 heteroatoms. The van der Waals surface area contributed by atoms with Gasteiger partial charge in [-0.2, -0.15) is 0 Å². The van der Waals surface area contributed by atoms with Crippen LogP contribution in [-0.4, -0.2) is 79.3 Å². The lowest BCUT2D eigenvalue weighted by Gasteiger charge is -2.38. The van der Waals surface area contributed by atoms with Crippen molar-refractivity contribution >= 4 is 31.8 Å². The number of likely N-dealkylation sites (tertiary alicyclic amines) is 2. The van der Waals surface area contributed by atoms with E-state index in [4.69, 9.17) is 15.1 Å². The first kappa shape index (κ1) is 41.8. The third-order valence-electron chi connectivity index (χ3n) is 12.6. The molecule has 0 spiro atoms. The van der Waals surface area contributed by atoms with E-state index in [2.05, 4.69) is 32.1 Å². The maximum absolute atomic E-state index is 12.7. The second kappa shape index (κ2) is 18.0. The third kappa shape index (κ3) is 9.50. The van der Waals surface area contributed by atoms with Crippen molar-refractivity contribution in [2.45, 2.75) is 101 Å². The van der Waals surface area contributed by atoms with Crippen LogP contribution in [0, 0.1) is 11.5 Å². The number of sulfonamides is 2. The van der Waals surface area contributed by atoms with E-state index in [0.29, 0.717) is 32.7 Å². The van der Waals surface area contributed by atoms with E-state index in [0.717, 1.165) is 93.3 Å². The molecule has 14 nitrogen and oxygen atoms in total. The number of nitrogens with one attached hydrogen (secondary N) is 2. The lowest BCUT2D eigenvalue weighted by atomic mass is 9.99. The average molecular weight is 853 g/mol. The Morgan fingerprint density at radius 2 is 1.10 bits per heavy atom. The molecule has 10 rings (SSSR count). The summed E-state index contributed by atoms with van der Waals surface area (Å²) >= 11 is 0. The van der Waals surface area contributed by atoms with Gasteiger partial charge in [-0.3, -0.25) is 19.8 Å². The molecule has 2 aliphatic heterocycles. The van der Waals surface area contributed by atoms with Gasteiger partial charge in [0.25, 0.3) is 6.26 Å². The van der Waals surface area contributed by atoms with E-state index in [1.54, 1.807) is 24.8 Å². The zero-order valence-electron chi connectivity index (χ0n) is 33.7. The number of aryl methyl sites for hydroxylation is 4. The standard InChI is InChI=1S/C22H26N4O3S.C13H13NO.C9H13N3O2S/c27-22(24-21-19-5-1-3-16(19)11-17-4-2-6-20(17)21)25-30(28,29)18-13-26(14-18)12-15-7-9-23-10-8-15;14-8-15-13-11-5-1-3-9(11)7-10-4-2-6-12(10)13;10-15(13,14)9-6-12(7-9)5-8-1-3-11-4-2-8/h7-11,18H,1-6,12-14H2,(H2,24,25,27);7H,1-6H2;1-4,9H,5-7H2,(H2,10,13,14). The quantitative estimate of drug-likeness (QED) is 0.201. The van der Waals surface area contributed by atoms with Crippen LogP contribution in [0.1, 0.15) is 81.3 Å². The van der Waals surface area contributed by atoms with Gasteiger partial charge in [0.2, 0.25) is 20.0 Å². The van der Waals surface area contributed by atoms with Crippen molar-refractivity contribution in [2.75, 3.05) is 31.5 Å². The van der Waals surface area contributed by atoms with Crippen LogP contribution >= 0.6 is 0 Å². The molecular formula is C44H52N8O6S2. The number of nitriles is 1. The number of primary sulfonamides is 1. The number of rotatable bonds is 9. The number of hydrogen-bond acceptors (Lipinski definition) is 11. The number of nitrogens with two attached hydrogens (primary N) is 1. The molecule has 0 bridgehead atoms. The molecule has 0 unspecified atom stereocenters. The summed E-state index contributed by atoms with van der Waals surface area (Å²) in [7, 11) is -7.06. The third-order valence-corrected chi connectivity index (χ3v) is 15.4. The fourth-order valence-corrected chi connectivity index (χ4v) is 11.6. The summed E-state index contributed by atoms with van der Waals surface area (Å²) in [5.41, 5.74) is 13.5. The first-order valence-electron chi connectivity index (χ1n) is 20.9. The van der Waals surface area contributed by atoms with Crippen molar-refractivity contribution in [1.82, 2.24) is 24.5 Å². The van der Waals surface area contributed by atoms with Crippen LogP contribution in [0.5, 0.6) is 5.75 Å². The van der Waals surface area contributed by atoms with Crippen molar-refractivity contribution < 1.29 is 26.4 Å². The lowest BCUT2D eigenvalue weighted by Crippen LogP contribution is -2.58. The molecule has 0 atom stereocenters. The lowest BCUT2D eigenvalue weighted by molar-refractivity contribution is 0.175. The largest absolute Gasteiger partial charge is 0.387 e. The van der Waals surface area contributed by atoms with Gasteiger partial charge in [-0.15, -0.1) is 5.26 Å². The minimum absolute atomic E-state index is 0.390. The zero-order chi connectivity index (χ0) is 41.9. The maximum atomic E-state index is 12.7. The van der Waals surface area contributed by atoms with E-state index in [9.17, 15) is 21.6 Å². The average Bonchev–Trinajstić information content (AvgIpc) is 4.03. The first-order valence-corrected chi connectivity index (χ1v) is 24.1. The van der Waals surface area contributed by atoms with Crippen LogP contribution in [0.4, 0.5) is 10.5 Å². The molecule has 4 aliphatic carbocycles. The topological polar surface area (TPSA) is 201 Å². The van der Waals surface area contributed by atoms with Crippen LogP contribution in [0.15, 0.2) is 61.2 Å². The molecule has 6 aliphatic rings. The van der Waals surface area contributed by atoms with Crippen LogP contribution in [0.2, 0.25) is 0 Å². The number of pyridine rings is 2. The monoisotopic (exact) mass is 852 g/mol. The number of amides is 2. The summed E-state index contributed by atoms with van der Waals surface area (Å²) in [5, 5.41) is 15.7. The molecular weight excluding hydrogens is 801 g/mol. The molecule has 2 aromatic heterocycles. The van der Waals surface area contributed by atoms with Gasteiger partial charge in [-0.25, -0.2) is 31.5 Å². The SMILES string of the molecule is N#COc1c2c(cc3c1CCC3)CCC2.NS(=O)(=O)C1CN(Cc2ccncc2)C1.O=C(Nc1c2c(cc3c1CCC3)CCC2)NS(=O)(=O)C1CN(Cc2ccncc2)C1. The number of hydrogen-bond donors (Lipinski definition) is 3. The van der Waals surface area contributed by atoms with Gasteiger partial charge in [-0.05, 0) is 157 Å². The fraction of sp³-hybridized carbons (Fsp3) is 0.455. The molecule has 4 heterocycles. The van der Waals surface area contributed by atoms with Gasteiger partial charge < -0.3 is 10.1 Å². The Labute approximate surface area is 352 Å². The van der Waals surface area contributed by atoms with Crippen molar-refractivity contribution in [3.63, 3.8) is 0 Å². The van der Waals surface area contributed by atoms with Crippen molar-refractivity contribution in [3.8, 4) is 12.0 Å². The van der Waals surface area contributed by atoms with Gasteiger partial charge in [0.05, 0.1) is 0 Å². The van der Waals surface area contributed by atoms with Crippen molar-refractivity contribution in [2.24, 2.45) is 5.14 Å². The Morgan fingerprint density at radius 3 is 1.53 bits per heavy atom. The molecule has 4 aromatic rings. The highest BCUT2D eigenvalue weighted by Gasteiger charge is 2.39. The minimum atomic E-state index is -3.71. The Balaban J connectivity index is 0.000000139. The van der Waals surface area contributed by atoms with E-state index in [1.807, 2.05) is 40.3 Å². The second-order valence-corrected chi connectivity index (χ2v) is 20.5. The highest BCUT2D eigenvalue weighted by Crippen LogP contribution is 2.41. The number of nitrogens with zero attached hydrogens (tertiary/aromatic N) is 5. The number of fused-ring (bicyclic) bond motifs is 4. The van der Waals surface area contributed by atoms with E-state index in [1.165, 1.54) is 57.3 Å². The predicted molar refractivity (Wildman–Crippen MR) is 228 cm³/mol. The number of urea groups is 1. The number of aromatic nitrogens is 2. The first-order chi connectivity index (χ1) is 28.9. The molecule has 0 radical (unpaired) electrons. The van der Waals surface area contributed by atoms with Gasteiger partial charge in [-0.1, -0.05) is 12.1 Å². The summed E-state index contributed by atoms with van der Waals surface area (Å²) in [6.45, 7) is 3.34. The van der Waals surface area contributed by atoms with Gasteiger partial charge in [0.1, 0.15) is 16.2 Å². The summed E-state index contributed by atoms with van der Waals surface area (Å²) in [5.74, 6) is 0.903. The highest BCUT2D eigenvalue weighted by molar-refractivity contribution is 7.90. The van der Waals surface area contributed by atoms with E-state index < -0.39 is 31.3 Å². The number of carbonyl (C=O) groups excluding carboxylic acids is 1. The van der Waals surface area contributed by atoms with Crippen LogP contribution in [0.3, 0.4) is 0 Å². The van der Waals surface area contributed by atoms with Gasteiger partial charge in [0.15, 0.2) is 0 Å². The zero-order valence-corrected chi connectivity index (χ0v) is 35.4. The maximum Gasteiger partial charge on any atom is 0.332 e. The molecule has 2 fully saturated rings. The molecule has 0 saturated carbocycles. The molecule has 2 amide bonds. The minimum Gasteiger partial charge on any atom is -0.387 e. The smallest absolute Gasteiger partial charge is 0.332 e. The molecule has 2 aromatic carbocycles. The Morgan fingerprint density at radius 1 is 0.683 bits per heavy atom. The normalized spacial score (nSPS) is 18.2. The van der Waals surface area contributed by atoms with Crippen LogP contribution in [0.25, 0.3) is 0 Å². The Hall–Kier alpha value is -4.92. The Kier molecular flexibility index (Phi) is 12.5.